The number of Topliss-reactive ketones (excluding diaryl/α,β-unsaturated/α-hetero) is 1. The van der Waals surface area contributed by atoms with Gasteiger partial charge in [0.25, 0.3) is 0 Å². The number of anilines is 1. The van der Waals surface area contributed by atoms with E-state index >= 15 is 0 Å². The number of hydrogen-bond acceptors (Lipinski definition) is 3. The Morgan fingerprint density at radius 3 is 2.15 bits per heavy atom. The van der Waals surface area contributed by atoms with Crippen molar-refractivity contribution in [1.29, 1.82) is 0 Å². The molecule has 0 bridgehead atoms. The van der Waals surface area contributed by atoms with Gasteiger partial charge in [0.05, 0.1) is 0 Å². The fraction of sp³-hybridized carbons (Fsp3) is 0.652. The van der Waals surface area contributed by atoms with Crippen LogP contribution in [0, 0.1) is 5.92 Å². The molecule has 1 aromatic rings. The minimum absolute atomic E-state index is 0.182. The van der Waals surface area contributed by atoms with Gasteiger partial charge in [-0.25, -0.2) is 0 Å². The zero-order chi connectivity index (χ0) is 19.6. The number of hydrogen-bond donors (Lipinski definition) is 0. The molecule has 2 rings (SSSR count). The monoisotopic (exact) mass is 372 g/mol. The summed E-state index contributed by atoms with van der Waals surface area (Å²) in [6, 6.07) is 7.88. The first-order valence-electron chi connectivity index (χ1n) is 10.7. The molecule has 1 saturated heterocycles. The summed E-state index contributed by atoms with van der Waals surface area (Å²) in [7, 11) is 0. The average molecular weight is 373 g/mol. The standard InChI is InChI=1S/C23H36N2O2/c1-4-22(26)20-11-13-21(14-12-20)24-15-17-25(18-16-24)23(27)10-8-6-5-7-9-19(2)3/h11-14,19H,4-10,15-18H2,1-3H3. The highest BCUT2D eigenvalue weighted by Gasteiger charge is 2.21. The van der Waals surface area contributed by atoms with Crippen molar-refractivity contribution in [3.8, 4) is 0 Å². The number of piperazine rings is 1. The fourth-order valence-electron chi connectivity index (χ4n) is 3.62. The zero-order valence-corrected chi connectivity index (χ0v) is 17.4. The quantitative estimate of drug-likeness (QED) is 0.432. The highest BCUT2D eigenvalue weighted by atomic mass is 16.2. The van der Waals surface area contributed by atoms with Gasteiger partial charge in [-0.1, -0.05) is 46.5 Å². The van der Waals surface area contributed by atoms with Gasteiger partial charge in [-0.15, -0.1) is 0 Å². The van der Waals surface area contributed by atoms with Gasteiger partial charge in [-0.3, -0.25) is 9.59 Å². The molecule has 0 radical (unpaired) electrons. The van der Waals surface area contributed by atoms with Crippen LogP contribution in [-0.2, 0) is 4.79 Å². The van der Waals surface area contributed by atoms with Crippen molar-refractivity contribution < 1.29 is 9.59 Å². The summed E-state index contributed by atoms with van der Waals surface area (Å²) in [5.74, 6) is 1.27. The maximum atomic E-state index is 12.4. The van der Waals surface area contributed by atoms with E-state index in [0.29, 0.717) is 18.7 Å². The van der Waals surface area contributed by atoms with Gasteiger partial charge < -0.3 is 9.80 Å². The number of nitrogens with zero attached hydrogens (tertiary/aromatic N) is 2. The molecule has 1 aromatic carbocycles. The molecule has 0 saturated carbocycles. The fourth-order valence-corrected chi connectivity index (χ4v) is 3.62. The van der Waals surface area contributed by atoms with E-state index in [1.165, 1.54) is 25.7 Å². The molecule has 0 spiro atoms. The zero-order valence-electron chi connectivity index (χ0n) is 17.4. The molecular weight excluding hydrogens is 336 g/mol. The van der Waals surface area contributed by atoms with Crippen LogP contribution < -0.4 is 4.90 Å². The Morgan fingerprint density at radius 2 is 1.56 bits per heavy atom. The van der Waals surface area contributed by atoms with Gasteiger partial charge in [-0.05, 0) is 36.6 Å². The third-order valence-electron chi connectivity index (χ3n) is 5.43. The molecule has 4 heteroatoms. The summed E-state index contributed by atoms with van der Waals surface area (Å²) in [6.07, 6.45) is 7.24. The van der Waals surface area contributed by atoms with E-state index in [1.54, 1.807) is 0 Å². The number of carbonyl (C=O) groups is 2. The molecule has 1 aliphatic heterocycles. The second-order valence-corrected chi connectivity index (χ2v) is 8.04. The van der Waals surface area contributed by atoms with Crippen molar-refractivity contribution in [1.82, 2.24) is 4.90 Å². The van der Waals surface area contributed by atoms with Gasteiger partial charge in [-0.2, -0.15) is 0 Å². The molecule has 4 nitrogen and oxygen atoms in total. The second-order valence-electron chi connectivity index (χ2n) is 8.04. The Hall–Kier alpha value is -1.84. The molecule has 1 aliphatic rings. The van der Waals surface area contributed by atoms with Crippen LogP contribution in [0.3, 0.4) is 0 Å². The molecule has 0 aliphatic carbocycles. The van der Waals surface area contributed by atoms with Crippen molar-refractivity contribution in [3.63, 3.8) is 0 Å². The van der Waals surface area contributed by atoms with Crippen LogP contribution in [0.25, 0.3) is 0 Å². The first-order chi connectivity index (χ1) is 13.0. The van der Waals surface area contributed by atoms with E-state index in [2.05, 4.69) is 18.7 Å². The van der Waals surface area contributed by atoms with E-state index in [-0.39, 0.29) is 5.78 Å². The SMILES string of the molecule is CCC(=O)c1ccc(N2CCN(C(=O)CCCCCCC(C)C)CC2)cc1. The Balaban J connectivity index is 1.68. The van der Waals surface area contributed by atoms with Gasteiger partial charge >= 0.3 is 0 Å². The van der Waals surface area contributed by atoms with Crippen molar-refractivity contribution >= 4 is 17.4 Å². The van der Waals surface area contributed by atoms with E-state index < -0.39 is 0 Å². The molecule has 1 fully saturated rings. The average Bonchev–Trinajstić information content (AvgIpc) is 2.70. The topological polar surface area (TPSA) is 40.6 Å². The number of carbonyl (C=O) groups excluding carboxylic acids is 2. The van der Waals surface area contributed by atoms with Crippen molar-refractivity contribution in [2.24, 2.45) is 5.92 Å². The highest BCUT2D eigenvalue weighted by molar-refractivity contribution is 5.96. The molecule has 150 valence electrons. The van der Waals surface area contributed by atoms with E-state index in [9.17, 15) is 9.59 Å². The molecular formula is C23H36N2O2. The second kappa shape index (κ2) is 11.1. The summed E-state index contributed by atoms with van der Waals surface area (Å²) in [5, 5.41) is 0. The summed E-state index contributed by atoms with van der Waals surface area (Å²) in [5.41, 5.74) is 1.92. The minimum Gasteiger partial charge on any atom is -0.368 e. The lowest BCUT2D eigenvalue weighted by Crippen LogP contribution is -2.48. The Bertz CT molecular complexity index is 587. The third kappa shape index (κ3) is 7.00. The lowest BCUT2D eigenvalue weighted by Gasteiger charge is -2.36. The molecule has 0 atom stereocenters. The van der Waals surface area contributed by atoms with Crippen molar-refractivity contribution in [3.05, 3.63) is 29.8 Å². The van der Waals surface area contributed by atoms with Gasteiger partial charge in [0.1, 0.15) is 0 Å². The first kappa shape index (κ1) is 21.5. The highest BCUT2D eigenvalue weighted by Crippen LogP contribution is 2.19. The maximum absolute atomic E-state index is 12.4. The van der Waals surface area contributed by atoms with Gasteiger partial charge in [0.2, 0.25) is 5.91 Å². The molecule has 0 unspecified atom stereocenters. The number of ketones is 1. The predicted octanol–water partition coefficient (Wildman–Crippen LogP) is 4.92. The van der Waals surface area contributed by atoms with Crippen LogP contribution in [0.2, 0.25) is 0 Å². The Morgan fingerprint density at radius 1 is 0.926 bits per heavy atom. The summed E-state index contributed by atoms with van der Waals surface area (Å²) >= 11 is 0. The van der Waals surface area contributed by atoms with Crippen molar-refractivity contribution in [2.75, 3.05) is 31.1 Å². The van der Waals surface area contributed by atoms with E-state index in [1.807, 2.05) is 36.1 Å². The number of unbranched alkanes of at least 4 members (excludes halogenated alkanes) is 3. The normalized spacial score (nSPS) is 14.7. The van der Waals surface area contributed by atoms with Crippen LogP contribution in [0.4, 0.5) is 5.69 Å². The van der Waals surface area contributed by atoms with Gasteiger partial charge in [0, 0.05) is 50.3 Å². The number of amides is 1. The largest absolute Gasteiger partial charge is 0.368 e. The lowest BCUT2D eigenvalue weighted by atomic mass is 10.0. The summed E-state index contributed by atoms with van der Waals surface area (Å²) < 4.78 is 0. The summed E-state index contributed by atoms with van der Waals surface area (Å²) in [6.45, 7) is 9.73. The van der Waals surface area contributed by atoms with Crippen LogP contribution in [0.5, 0.6) is 0 Å². The smallest absolute Gasteiger partial charge is 0.222 e. The molecule has 0 aromatic heterocycles. The Labute approximate surface area is 164 Å². The minimum atomic E-state index is 0.182. The van der Waals surface area contributed by atoms with Crippen LogP contribution in [-0.4, -0.2) is 42.8 Å². The van der Waals surface area contributed by atoms with Crippen LogP contribution in [0.15, 0.2) is 24.3 Å². The first-order valence-corrected chi connectivity index (χ1v) is 10.7. The molecule has 1 heterocycles. The number of rotatable bonds is 10. The van der Waals surface area contributed by atoms with E-state index in [0.717, 1.165) is 49.8 Å². The number of benzene rings is 1. The summed E-state index contributed by atoms with van der Waals surface area (Å²) in [4.78, 5) is 28.5. The third-order valence-corrected chi connectivity index (χ3v) is 5.43. The van der Waals surface area contributed by atoms with Crippen LogP contribution >= 0.6 is 0 Å². The van der Waals surface area contributed by atoms with Crippen LogP contribution in [0.1, 0.15) is 76.1 Å². The maximum Gasteiger partial charge on any atom is 0.222 e. The lowest BCUT2D eigenvalue weighted by molar-refractivity contribution is -0.131. The van der Waals surface area contributed by atoms with Gasteiger partial charge in [0.15, 0.2) is 5.78 Å². The van der Waals surface area contributed by atoms with Crippen molar-refractivity contribution in [2.45, 2.75) is 65.7 Å². The Kier molecular flexibility index (Phi) is 8.83. The predicted molar refractivity (Wildman–Crippen MR) is 112 cm³/mol. The van der Waals surface area contributed by atoms with E-state index in [4.69, 9.17) is 0 Å². The molecule has 1 amide bonds. The molecule has 0 N–H and O–H groups in total. The molecule has 27 heavy (non-hydrogen) atoms.